The number of carbonyl (C=O) groups excluding carboxylic acids is 1. The molecule has 7 heteroatoms. The third-order valence-corrected chi connectivity index (χ3v) is 9.63. The summed E-state index contributed by atoms with van der Waals surface area (Å²) in [5.41, 5.74) is 2.33. The van der Waals surface area contributed by atoms with Crippen LogP contribution in [0, 0.1) is 12.3 Å². The zero-order valence-electron chi connectivity index (χ0n) is 21.4. The predicted octanol–water partition coefficient (Wildman–Crippen LogP) is 7.10. The van der Waals surface area contributed by atoms with Crippen LogP contribution in [0.4, 0.5) is 0 Å². The normalized spacial score (nSPS) is 23.2. The Hall–Kier alpha value is -1.46. The van der Waals surface area contributed by atoms with Crippen molar-refractivity contribution in [2.24, 2.45) is 5.41 Å². The summed E-state index contributed by atoms with van der Waals surface area (Å²) in [6.45, 7) is 9.88. The maximum Gasteiger partial charge on any atom is 0.209 e. The molecule has 196 valence electrons. The second-order valence-corrected chi connectivity index (χ2v) is 12.4. The lowest BCUT2D eigenvalue weighted by Crippen LogP contribution is -2.48. The summed E-state index contributed by atoms with van der Waals surface area (Å²) in [5.74, 6) is 1.08. The van der Waals surface area contributed by atoms with Crippen LogP contribution in [0.3, 0.4) is 0 Å². The molecule has 1 spiro atoms. The molecule has 2 aromatic carbocycles. The van der Waals surface area contributed by atoms with Gasteiger partial charge in [-0.2, -0.15) is 0 Å². The third-order valence-electron chi connectivity index (χ3n) is 8.01. The summed E-state index contributed by atoms with van der Waals surface area (Å²) >= 11 is 19.4. The van der Waals surface area contributed by atoms with Crippen LogP contribution in [-0.4, -0.2) is 58.9 Å². The number of hydrogen-bond donors (Lipinski definition) is 0. The number of rotatable bonds is 5. The molecule has 1 aliphatic carbocycles. The van der Waals surface area contributed by atoms with Crippen molar-refractivity contribution in [3.63, 3.8) is 0 Å². The van der Waals surface area contributed by atoms with Crippen LogP contribution in [0.1, 0.15) is 56.6 Å². The lowest BCUT2D eigenvalue weighted by atomic mass is 9.87. The fraction of sp³-hybridized carbons (Fsp3) is 0.552. The zero-order valence-corrected chi connectivity index (χ0v) is 23.7. The zero-order chi connectivity index (χ0) is 25.9. The van der Waals surface area contributed by atoms with Gasteiger partial charge < -0.3 is 14.5 Å². The summed E-state index contributed by atoms with van der Waals surface area (Å²) in [6.07, 6.45) is 5.34. The highest BCUT2D eigenvalue weighted by Crippen LogP contribution is 2.78. The number of piperidine rings is 2. The molecule has 36 heavy (non-hydrogen) atoms. The molecule has 0 N–H and O–H groups in total. The summed E-state index contributed by atoms with van der Waals surface area (Å²) in [7, 11) is 0. The first-order chi connectivity index (χ1) is 17.2. The van der Waals surface area contributed by atoms with Gasteiger partial charge in [-0.1, -0.05) is 41.9 Å². The average molecular weight is 552 g/mol. The fourth-order valence-electron chi connectivity index (χ4n) is 5.87. The number of halogens is 3. The van der Waals surface area contributed by atoms with E-state index in [9.17, 15) is 4.79 Å². The van der Waals surface area contributed by atoms with Gasteiger partial charge in [-0.15, -0.1) is 23.2 Å². The Labute approximate surface area is 230 Å². The van der Waals surface area contributed by atoms with Crippen LogP contribution in [-0.2, 0) is 4.79 Å². The van der Waals surface area contributed by atoms with Crippen LogP contribution in [0.25, 0.3) is 0 Å². The highest BCUT2D eigenvalue weighted by atomic mass is 35.5. The van der Waals surface area contributed by atoms with Gasteiger partial charge in [-0.3, -0.25) is 4.79 Å². The van der Waals surface area contributed by atoms with E-state index in [0.29, 0.717) is 6.04 Å². The van der Waals surface area contributed by atoms with E-state index in [4.69, 9.17) is 39.5 Å². The largest absolute Gasteiger partial charge is 0.491 e. The van der Waals surface area contributed by atoms with Crippen molar-refractivity contribution >= 4 is 41.2 Å². The fourth-order valence-corrected chi connectivity index (χ4v) is 7.16. The van der Waals surface area contributed by atoms with E-state index < -0.39 is 4.33 Å². The van der Waals surface area contributed by atoms with Crippen molar-refractivity contribution in [3.8, 4) is 5.75 Å². The Kier molecular flexibility index (Phi) is 8.82. The molecule has 1 atom stereocenters. The third kappa shape index (κ3) is 5.83. The van der Waals surface area contributed by atoms with E-state index in [1.54, 1.807) is 0 Å². The van der Waals surface area contributed by atoms with Gasteiger partial charge in [-0.25, -0.2) is 0 Å². The Morgan fingerprint density at radius 1 is 0.972 bits per heavy atom. The maximum absolute atomic E-state index is 10.9. The second-order valence-electron chi connectivity index (χ2n) is 10.6. The molecule has 3 fully saturated rings. The van der Waals surface area contributed by atoms with Crippen molar-refractivity contribution < 1.29 is 9.53 Å². The van der Waals surface area contributed by atoms with Crippen LogP contribution in [0.15, 0.2) is 48.5 Å². The molecule has 4 nitrogen and oxygen atoms in total. The molecule has 1 saturated carbocycles. The van der Waals surface area contributed by atoms with Crippen molar-refractivity contribution in [2.45, 2.75) is 68.9 Å². The van der Waals surface area contributed by atoms with Crippen molar-refractivity contribution in [3.05, 3.63) is 64.7 Å². The van der Waals surface area contributed by atoms with E-state index >= 15 is 0 Å². The number of ether oxygens (including phenoxy) is 1. The molecular weight excluding hydrogens is 515 g/mol. The predicted molar refractivity (Wildman–Crippen MR) is 149 cm³/mol. The minimum absolute atomic E-state index is 0.0173. The SMILES string of the molecule is CC(C)Oc1ccc(C2C(Cl)(Cl)C23CCN(C2CCN(C=O)CC2)CC3)cc1.Cc1ccccc1Cl. The quantitative estimate of drug-likeness (QED) is 0.294. The highest BCUT2D eigenvalue weighted by Gasteiger charge is 2.75. The van der Waals surface area contributed by atoms with Crippen molar-refractivity contribution in [1.29, 1.82) is 0 Å². The van der Waals surface area contributed by atoms with Crippen LogP contribution in [0.5, 0.6) is 5.75 Å². The molecule has 0 aromatic heterocycles. The smallest absolute Gasteiger partial charge is 0.209 e. The number of likely N-dealkylation sites (tertiary alicyclic amines) is 2. The van der Waals surface area contributed by atoms with Gasteiger partial charge in [0, 0.05) is 35.5 Å². The minimum atomic E-state index is -0.680. The molecule has 0 radical (unpaired) electrons. The van der Waals surface area contributed by atoms with Gasteiger partial charge in [0.15, 0.2) is 0 Å². The Bertz CT molecular complexity index is 990. The molecule has 2 aromatic rings. The first-order valence-corrected chi connectivity index (χ1v) is 14.1. The van der Waals surface area contributed by atoms with Crippen molar-refractivity contribution in [1.82, 2.24) is 9.80 Å². The number of alkyl halides is 2. The lowest BCUT2D eigenvalue weighted by Gasteiger charge is -2.41. The van der Waals surface area contributed by atoms with Gasteiger partial charge in [-0.05, 0) is 88.9 Å². The number of amides is 1. The second kappa shape index (κ2) is 11.5. The molecule has 1 unspecified atom stereocenters. The standard InChI is InChI=1S/C22H30Cl2N2O2.C7H7Cl/c1-16(2)28-19-5-3-17(4-6-19)20-21(22(20,23)24)9-13-26(14-10-21)18-7-11-25(15-27)12-8-18;1-6-4-2-3-5-7(6)8/h3-6,15-16,18,20H,7-14H2,1-2H3;2-5H,1H3. The number of carbonyl (C=O) groups is 1. The molecular formula is C29H37Cl3N2O2. The Morgan fingerprint density at radius 3 is 2.08 bits per heavy atom. The first-order valence-electron chi connectivity index (χ1n) is 13.0. The van der Waals surface area contributed by atoms with Crippen LogP contribution < -0.4 is 4.74 Å². The van der Waals surface area contributed by atoms with E-state index in [2.05, 4.69) is 17.0 Å². The summed E-state index contributed by atoms with van der Waals surface area (Å²) in [4.78, 5) is 15.4. The van der Waals surface area contributed by atoms with Crippen LogP contribution >= 0.6 is 34.8 Å². The Morgan fingerprint density at radius 2 is 1.58 bits per heavy atom. The van der Waals surface area contributed by atoms with E-state index in [-0.39, 0.29) is 17.4 Å². The van der Waals surface area contributed by atoms with Gasteiger partial charge in [0.2, 0.25) is 6.41 Å². The van der Waals surface area contributed by atoms with Crippen molar-refractivity contribution in [2.75, 3.05) is 26.2 Å². The maximum atomic E-state index is 10.9. The summed E-state index contributed by atoms with van der Waals surface area (Å²) < 4.78 is 5.08. The van der Waals surface area contributed by atoms with Gasteiger partial charge in [0.05, 0.1) is 6.10 Å². The van der Waals surface area contributed by atoms with Gasteiger partial charge in [0.25, 0.3) is 0 Å². The van der Waals surface area contributed by atoms with E-state index in [1.165, 1.54) is 5.56 Å². The average Bonchev–Trinajstić information content (AvgIpc) is 3.34. The number of benzene rings is 2. The number of aryl methyl sites for hydroxylation is 1. The molecule has 0 bridgehead atoms. The molecule has 2 saturated heterocycles. The lowest BCUT2D eigenvalue weighted by molar-refractivity contribution is -0.119. The molecule has 2 heterocycles. The molecule has 1 amide bonds. The molecule has 2 aliphatic heterocycles. The van der Waals surface area contributed by atoms with Gasteiger partial charge >= 0.3 is 0 Å². The minimum Gasteiger partial charge on any atom is -0.491 e. The van der Waals surface area contributed by atoms with E-state index in [1.807, 2.05) is 62.1 Å². The highest BCUT2D eigenvalue weighted by molar-refractivity contribution is 6.52. The topological polar surface area (TPSA) is 32.8 Å². The summed E-state index contributed by atoms with van der Waals surface area (Å²) in [5, 5.41) is 0.840. The number of hydrogen-bond acceptors (Lipinski definition) is 3. The number of nitrogens with zero attached hydrogens (tertiary/aromatic N) is 2. The first kappa shape index (κ1) is 27.6. The molecule has 3 aliphatic rings. The van der Waals surface area contributed by atoms with Crippen LogP contribution in [0.2, 0.25) is 5.02 Å². The van der Waals surface area contributed by atoms with Gasteiger partial charge in [0.1, 0.15) is 10.1 Å². The van der Waals surface area contributed by atoms with E-state index in [0.717, 1.165) is 74.6 Å². The Balaban J connectivity index is 0.000000325. The summed E-state index contributed by atoms with van der Waals surface area (Å²) in [6, 6.07) is 16.7. The molecule has 5 rings (SSSR count). The monoisotopic (exact) mass is 550 g/mol.